The van der Waals surface area contributed by atoms with Crippen molar-refractivity contribution in [1.82, 2.24) is 4.98 Å². The van der Waals surface area contributed by atoms with Crippen molar-refractivity contribution in [2.45, 2.75) is 20.8 Å². The second-order valence-corrected chi connectivity index (χ2v) is 8.01. The zero-order chi connectivity index (χ0) is 24.2. The third-order valence-corrected chi connectivity index (χ3v) is 5.53. The molecule has 3 aromatic carbocycles. The lowest BCUT2D eigenvalue weighted by Crippen LogP contribution is -2.14. The van der Waals surface area contributed by atoms with Crippen LogP contribution in [0.1, 0.15) is 38.8 Å². The van der Waals surface area contributed by atoms with E-state index >= 15 is 0 Å². The number of fused-ring (bicyclic) bond motifs is 1. The van der Waals surface area contributed by atoms with Crippen LogP contribution >= 0.6 is 0 Å². The molecule has 6 heteroatoms. The second-order valence-electron chi connectivity index (χ2n) is 8.01. The average molecular weight is 455 g/mol. The Labute approximate surface area is 198 Å². The van der Waals surface area contributed by atoms with Gasteiger partial charge in [-0.05, 0) is 87.0 Å². The normalized spacial score (nSPS) is 10.7. The van der Waals surface area contributed by atoms with E-state index in [-0.39, 0.29) is 5.91 Å². The van der Waals surface area contributed by atoms with Gasteiger partial charge in [-0.1, -0.05) is 11.6 Å². The topological polar surface area (TPSA) is 77.5 Å². The number of rotatable bonds is 6. The number of amides is 1. The number of hydrogen-bond acceptors (Lipinski definition) is 5. The molecule has 0 fully saturated rings. The highest BCUT2D eigenvalue weighted by Crippen LogP contribution is 2.29. The highest BCUT2D eigenvalue weighted by atomic mass is 16.5. The van der Waals surface area contributed by atoms with Gasteiger partial charge in [0, 0.05) is 16.6 Å². The van der Waals surface area contributed by atoms with Crippen LogP contribution in [-0.2, 0) is 4.74 Å². The van der Waals surface area contributed by atoms with Crippen LogP contribution in [0.15, 0.2) is 66.7 Å². The van der Waals surface area contributed by atoms with Crippen molar-refractivity contribution in [3.8, 4) is 17.0 Å². The molecular weight excluding hydrogens is 428 g/mol. The monoisotopic (exact) mass is 454 g/mol. The first-order chi connectivity index (χ1) is 16.4. The van der Waals surface area contributed by atoms with E-state index in [1.54, 1.807) is 38.3 Å². The van der Waals surface area contributed by atoms with Crippen LogP contribution < -0.4 is 10.1 Å². The number of esters is 1. The summed E-state index contributed by atoms with van der Waals surface area (Å²) in [6.07, 6.45) is 0. The summed E-state index contributed by atoms with van der Waals surface area (Å²) in [5.74, 6) is 0.104. The van der Waals surface area contributed by atoms with Crippen molar-refractivity contribution in [1.29, 1.82) is 0 Å². The number of carbonyl (C=O) groups is 2. The summed E-state index contributed by atoms with van der Waals surface area (Å²) in [5, 5.41) is 3.73. The van der Waals surface area contributed by atoms with E-state index in [4.69, 9.17) is 14.5 Å². The van der Waals surface area contributed by atoms with Crippen LogP contribution in [0.2, 0.25) is 0 Å². The van der Waals surface area contributed by atoms with Crippen LogP contribution in [0.3, 0.4) is 0 Å². The first-order valence-corrected chi connectivity index (χ1v) is 11.0. The van der Waals surface area contributed by atoms with E-state index in [1.165, 1.54) is 0 Å². The van der Waals surface area contributed by atoms with Crippen LogP contribution in [0.25, 0.3) is 22.2 Å². The number of benzene rings is 3. The molecule has 0 aliphatic heterocycles. The molecule has 1 heterocycles. The van der Waals surface area contributed by atoms with Crippen molar-refractivity contribution in [2.75, 3.05) is 19.0 Å². The predicted molar refractivity (Wildman–Crippen MR) is 134 cm³/mol. The third-order valence-electron chi connectivity index (χ3n) is 5.53. The van der Waals surface area contributed by atoms with E-state index in [2.05, 4.69) is 11.4 Å². The molecule has 6 nitrogen and oxygen atoms in total. The van der Waals surface area contributed by atoms with E-state index in [0.717, 1.165) is 33.3 Å². The number of nitrogens with zero attached hydrogens (tertiary/aromatic N) is 1. The molecule has 34 heavy (non-hydrogen) atoms. The van der Waals surface area contributed by atoms with Gasteiger partial charge in [-0.2, -0.15) is 0 Å². The molecule has 4 rings (SSSR count). The van der Waals surface area contributed by atoms with Crippen LogP contribution in [0.4, 0.5) is 5.69 Å². The Morgan fingerprint density at radius 2 is 1.65 bits per heavy atom. The molecule has 1 amide bonds. The molecule has 0 saturated heterocycles. The highest BCUT2D eigenvalue weighted by molar-refractivity contribution is 6.13. The Balaban J connectivity index is 1.73. The number of ether oxygens (including phenoxy) is 2. The molecule has 0 aliphatic rings. The Bertz CT molecular complexity index is 1360. The van der Waals surface area contributed by atoms with Gasteiger partial charge in [0.2, 0.25) is 0 Å². The van der Waals surface area contributed by atoms with Gasteiger partial charge in [0.05, 0.1) is 36.1 Å². The van der Waals surface area contributed by atoms with Crippen LogP contribution in [-0.4, -0.2) is 30.6 Å². The maximum atomic E-state index is 13.4. The Morgan fingerprint density at radius 3 is 2.29 bits per heavy atom. The van der Waals surface area contributed by atoms with Gasteiger partial charge in [-0.3, -0.25) is 4.79 Å². The molecule has 0 radical (unpaired) electrons. The predicted octanol–water partition coefficient (Wildman–Crippen LogP) is 5.96. The number of anilines is 1. The number of aromatic nitrogens is 1. The number of pyridine rings is 1. The van der Waals surface area contributed by atoms with Crippen LogP contribution in [0, 0.1) is 13.8 Å². The van der Waals surface area contributed by atoms with Gasteiger partial charge in [-0.25, -0.2) is 9.78 Å². The number of methoxy groups -OCH3 is 1. The molecule has 0 bridgehead atoms. The minimum atomic E-state index is -0.393. The summed E-state index contributed by atoms with van der Waals surface area (Å²) < 4.78 is 10.3. The van der Waals surface area contributed by atoms with E-state index < -0.39 is 5.97 Å². The lowest BCUT2D eigenvalue weighted by molar-refractivity contribution is 0.0526. The van der Waals surface area contributed by atoms with Crippen molar-refractivity contribution >= 4 is 28.5 Å². The quantitative estimate of drug-likeness (QED) is 0.364. The minimum Gasteiger partial charge on any atom is -0.497 e. The summed E-state index contributed by atoms with van der Waals surface area (Å²) in [4.78, 5) is 30.2. The van der Waals surface area contributed by atoms with E-state index in [0.29, 0.717) is 29.1 Å². The highest BCUT2D eigenvalue weighted by Gasteiger charge is 2.17. The smallest absolute Gasteiger partial charge is 0.338 e. The first-order valence-electron chi connectivity index (χ1n) is 11.0. The standard InChI is InChI=1S/C28H26N2O4/c1-5-34-28(32)20-6-10-21(11-7-20)29-27(31)24-16-25(19-8-12-22(33-4)13-9-19)30-26-18(3)14-17(2)15-23(24)26/h6-16H,5H2,1-4H3,(H,29,31). The molecule has 4 aromatic rings. The number of carbonyl (C=O) groups excluding carboxylic acids is 2. The number of hydrogen-bond donors (Lipinski definition) is 1. The SMILES string of the molecule is CCOC(=O)c1ccc(NC(=O)c2cc(-c3ccc(OC)cc3)nc3c(C)cc(C)cc23)cc1. The molecule has 0 spiro atoms. The van der Waals surface area contributed by atoms with Gasteiger partial charge in [0.25, 0.3) is 5.91 Å². The Hall–Kier alpha value is -4.19. The first kappa shape index (κ1) is 23.0. The lowest BCUT2D eigenvalue weighted by atomic mass is 9.99. The Morgan fingerprint density at radius 1 is 0.941 bits per heavy atom. The maximum Gasteiger partial charge on any atom is 0.338 e. The van der Waals surface area contributed by atoms with Gasteiger partial charge in [0.15, 0.2) is 0 Å². The Kier molecular flexibility index (Phi) is 6.59. The second kappa shape index (κ2) is 9.75. The molecule has 0 unspecified atom stereocenters. The summed E-state index contributed by atoms with van der Waals surface area (Å²) in [5.41, 5.74) is 5.95. The summed E-state index contributed by atoms with van der Waals surface area (Å²) in [6.45, 7) is 6.06. The number of aryl methyl sites for hydroxylation is 2. The molecule has 1 N–H and O–H groups in total. The van der Waals surface area contributed by atoms with E-state index in [9.17, 15) is 9.59 Å². The molecule has 0 saturated carbocycles. The molecule has 0 atom stereocenters. The van der Waals surface area contributed by atoms with Crippen LogP contribution in [0.5, 0.6) is 5.75 Å². The largest absolute Gasteiger partial charge is 0.497 e. The van der Waals surface area contributed by atoms with E-state index in [1.807, 2.05) is 50.2 Å². The number of nitrogens with one attached hydrogen (secondary N) is 1. The molecular formula is C28H26N2O4. The van der Waals surface area contributed by atoms with Crippen molar-refractivity contribution in [3.05, 3.63) is 89.0 Å². The fraction of sp³-hybridized carbons (Fsp3) is 0.179. The summed E-state index contributed by atoms with van der Waals surface area (Å²) >= 11 is 0. The van der Waals surface area contributed by atoms with Crippen molar-refractivity contribution in [2.24, 2.45) is 0 Å². The van der Waals surface area contributed by atoms with Gasteiger partial charge in [0.1, 0.15) is 5.75 Å². The fourth-order valence-electron chi connectivity index (χ4n) is 3.88. The minimum absolute atomic E-state index is 0.254. The average Bonchev–Trinajstić information content (AvgIpc) is 2.84. The molecule has 1 aromatic heterocycles. The van der Waals surface area contributed by atoms with Gasteiger partial charge < -0.3 is 14.8 Å². The fourth-order valence-corrected chi connectivity index (χ4v) is 3.88. The van der Waals surface area contributed by atoms with Gasteiger partial charge >= 0.3 is 5.97 Å². The maximum absolute atomic E-state index is 13.4. The molecule has 172 valence electrons. The third kappa shape index (κ3) is 4.76. The summed E-state index contributed by atoms with van der Waals surface area (Å²) in [7, 11) is 1.62. The molecule has 0 aliphatic carbocycles. The zero-order valence-electron chi connectivity index (χ0n) is 19.6. The van der Waals surface area contributed by atoms with Gasteiger partial charge in [-0.15, -0.1) is 0 Å². The lowest BCUT2D eigenvalue weighted by Gasteiger charge is -2.13. The van der Waals surface area contributed by atoms with Crippen molar-refractivity contribution in [3.63, 3.8) is 0 Å². The van der Waals surface area contributed by atoms with Crippen molar-refractivity contribution < 1.29 is 19.1 Å². The summed E-state index contributed by atoms with van der Waals surface area (Å²) in [6, 6.07) is 20.1. The zero-order valence-corrected chi connectivity index (χ0v) is 19.6.